The number of carbonyl (C=O) groups is 2. The van der Waals surface area contributed by atoms with E-state index in [4.69, 9.17) is 16.4 Å². The summed E-state index contributed by atoms with van der Waals surface area (Å²) in [5.74, 6) is -1.51. The van der Waals surface area contributed by atoms with Gasteiger partial charge in [-0.25, -0.2) is 0 Å². The first kappa shape index (κ1) is 23.0. The molecule has 2 aliphatic rings. The molecule has 5 N–H and O–H groups in total. The van der Waals surface area contributed by atoms with Crippen LogP contribution in [0.4, 0.5) is 0 Å². The highest BCUT2D eigenvalue weighted by Gasteiger charge is 2.35. The number of hydrogen-bond donors (Lipinski definition) is 4. The summed E-state index contributed by atoms with van der Waals surface area (Å²) in [7, 11) is 0. The van der Waals surface area contributed by atoms with Crippen molar-refractivity contribution in [3.63, 3.8) is 0 Å². The van der Waals surface area contributed by atoms with Gasteiger partial charge in [-0.2, -0.15) is 10.5 Å². The lowest BCUT2D eigenvalue weighted by Gasteiger charge is -2.41. The van der Waals surface area contributed by atoms with E-state index < -0.39 is 11.4 Å². The van der Waals surface area contributed by atoms with Crippen molar-refractivity contribution in [2.24, 2.45) is 11.7 Å². The molecule has 1 saturated carbocycles. The van der Waals surface area contributed by atoms with Crippen molar-refractivity contribution in [3.8, 4) is 12.1 Å². The topological polar surface area (TPSA) is 159 Å². The van der Waals surface area contributed by atoms with E-state index in [0.717, 1.165) is 38.0 Å². The second-order valence-electron chi connectivity index (χ2n) is 8.41. The van der Waals surface area contributed by atoms with Gasteiger partial charge in [0.2, 0.25) is 5.91 Å². The second-order valence-corrected chi connectivity index (χ2v) is 8.41. The fourth-order valence-electron chi connectivity index (χ4n) is 3.74. The van der Waals surface area contributed by atoms with E-state index in [0.29, 0.717) is 18.4 Å². The molecule has 3 rings (SSSR count). The van der Waals surface area contributed by atoms with E-state index in [1.54, 1.807) is 12.1 Å². The number of amidine groups is 1. The van der Waals surface area contributed by atoms with Crippen LogP contribution in [0.2, 0.25) is 0 Å². The molecule has 1 aliphatic heterocycles. The number of hydrogen-bond acceptors (Lipinski definition) is 7. The van der Waals surface area contributed by atoms with Gasteiger partial charge in [-0.05, 0) is 43.4 Å². The van der Waals surface area contributed by atoms with Gasteiger partial charge in [0, 0.05) is 31.8 Å². The minimum atomic E-state index is -0.816. The maximum absolute atomic E-state index is 11.9. The molecule has 0 radical (unpaired) electrons. The zero-order valence-electron chi connectivity index (χ0n) is 17.9. The molecule has 1 aromatic rings. The summed E-state index contributed by atoms with van der Waals surface area (Å²) in [5.41, 5.74) is 6.51. The monoisotopic (exact) mass is 433 g/mol. The van der Waals surface area contributed by atoms with Crippen molar-refractivity contribution < 1.29 is 9.59 Å². The maximum Gasteiger partial charge on any atom is 0.253 e. The molecule has 0 bridgehead atoms. The summed E-state index contributed by atoms with van der Waals surface area (Å²) in [6, 6.07) is 11.8. The Hall–Kier alpha value is -3.69. The van der Waals surface area contributed by atoms with Crippen molar-refractivity contribution in [2.45, 2.75) is 44.2 Å². The first-order valence-corrected chi connectivity index (χ1v) is 10.6. The van der Waals surface area contributed by atoms with Crippen LogP contribution in [0.15, 0.2) is 36.0 Å². The molecule has 1 aromatic carbocycles. The van der Waals surface area contributed by atoms with Crippen molar-refractivity contribution in [1.29, 1.82) is 15.9 Å². The van der Waals surface area contributed by atoms with Crippen molar-refractivity contribution >= 4 is 17.6 Å². The van der Waals surface area contributed by atoms with E-state index >= 15 is 0 Å². The van der Waals surface area contributed by atoms with Gasteiger partial charge in [0.05, 0.1) is 35.2 Å². The molecule has 0 aromatic heterocycles. The molecule has 1 heterocycles. The average Bonchev–Trinajstić information content (AvgIpc) is 3.62. The lowest BCUT2D eigenvalue weighted by atomic mass is 9.84. The van der Waals surface area contributed by atoms with Gasteiger partial charge in [0.25, 0.3) is 5.91 Å². The van der Waals surface area contributed by atoms with Crippen LogP contribution < -0.4 is 16.4 Å². The summed E-state index contributed by atoms with van der Waals surface area (Å²) < 4.78 is 0. The van der Waals surface area contributed by atoms with Crippen LogP contribution in [-0.2, 0) is 16.1 Å². The van der Waals surface area contributed by atoms with E-state index in [9.17, 15) is 14.9 Å². The van der Waals surface area contributed by atoms with Crippen LogP contribution in [0.5, 0.6) is 0 Å². The van der Waals surface area contributed by atoms with Crippen LogP contribution in [0.25, 0.3) is 0 Å². The number of likely N-dealkylation sites (tertiary alicyclic amines) is 1. The summed E-state index contributed by atoms with van der Waals surface area (Å²) in [6.45, 7) is 2.23. The largest absolute Gasteiger partial charge is 0.384 e. The highest BCUT2D eigenvalue weighted by atomic mass is 16.2. The van der Waals surface area contributed by atoms with Gasteiger partial charge in [-0.15, -0.1) is 0 Å². The third-order valence-electron chi connectivity index (χ3n) is 5.97. The predicted octanol–water partition coefficient (Wildman–Crippen LogP) is 1.27. The molecule has 9 nitrogen and oxygen atoms in total. The number of rotatable bonds is 8. The lowest BCUT2D eigenvalue weighted by molar-refractivity contribution is -0.120. The number of nitrogens with two attached hydrogens (primary N) is 1. The van der Waals surface area contributed by atoms with E-state index in [2.05, 4.69) is 27.7 Å². The molecule has 0 atom stereocenters. The van der Waals surface area contributed by atoms with Crippen LogP contribution >= 0.6 is 0 Å². The van der Waals surface area contributed by atoms with E-state index in [1.807, 2.05) is 12.1 Å². The molecule has 1 aliphatic carbocycles. The van der Waals surface area contributed by atoms with Crippen molar-refractivity contribution in [2.75, 3.05) is 13.1 Å². The third-order valence-corrected chi connectivity index (χ3v) is 5.97. The van der Waals surface area contributed by atoms with Crippen LogP contribution in [-0.4, -0.2) is 41.2 Å². The smallest absolute Gasteiger partial charge is 0.253 e. The fraction of sp³-hybridized carbons (Fsp3) is 0.435. The Kier molecular flexibility index (Phi) is 7.24. The van der Waals surface area contributed by atoms with Crippen molar-refractivity contribution in [3.05, 3.63) is 47.2 Å². The molecular weight excluding hydrogens is 406 g/mol. The Balaban J connectivity index is 1.62. The lowest BCUT2D eigenvalue weighted by Crippen LogP contribution is -2.51. The molecule has 32 heavy (non-hydrogen) atoms. The summed E-state index contributed by atoms with van der Waals surface area (Å²) >= 11 is 0. The number of nitrogens with zero attached hydrogens (tertiary/aromatic N) is 3. The summed E-state index contributed by atoms with van der Waals surface area (Å²) in [5, 5.41) is 32.0. The van der Waals surface area contributed by atoms with E-state index in [1.165, 1.54) is 6.20 Å². The highest BCUT2D eigenvalue weighted by Crippen LogP contribution is 2.29. The van der Waals surface area contributed by atoms with Crippen LogP contribution in [0.3, 0.4) is 0 Å². The third kappa shape index (κ3) is 5.93. The number of nitriles is 2. The quantitative estimate of drug-likeness (QED) is 0.274. The first-order chi connectivity index (χ1) is 15.4. The first-order valence-electron chi connectivity index (χ1n) is 10.6. The molecule has 0 unspecified atom stereocenters. The number of carbonyl (C=O) groups excluding carboxylic acids is 2. The average molecular weight is 434 g/mol. The predicted molar refractivity (Wildman–Crippen MR) is 118 cm³/mol. The number of primary amides is 1. The van der Waals surface area contributed by atoms with Gasteiger partial charge in [0.1, 0.15) is 5.84 Å². The fourth-order valence-corrected chi connectivity index (χ4v) is 3.74. The number of nitrogens with one attached hydrogen (secondary N) is 3. The zero-order chi connectivity index (χ0) is 23.1. The number of amides is 2. The molecule has 2 fully saturated rings. The van der Waals surface area contributed by atoms with E-state index in [-0.39, 0.29) is 29.7 Å². The van der Waals surface area contributed by atoms with Gasteiger partial charge >= 0.3 is 0 Å². The van der Waals surface area contributed by atoms with Crippen LogP contribution in [0.1, 0.15) is 43.2 Å². The molecule has 166 valence electrons. The minimum Gasteiger partial charge on any atom is -0.384 e. The highest BCUT2D eigenvalue weighted by molar-refractivity contribution is 6.22. The van der Waals surface area contributed by atoms with Crippen molar-refractivity contribution in [1.82, 2.24) is 15.5 Å². The standard InChI is InChI=1S/C23H27N7O2/c24-10-7-23(28-14-19(21(27)31)20(26)29-22(32)18-5-6-18)8-11-30(12-9-23)15-17-3-1-16(13-25)2-4-17/h1-4,14,18,28H,5-9,11-12,15H2,(H2,27,31)(H2,26,29,32)/b19-14+. The molecule has 1 saturated heterocycles. The van der Waals surface area contributed by atoms with Gasteiger partial charge < -0.3 is 16.4 Å². The second kappa shape index (κ2) is 10.1. The Bertz CT molecular complexity index is 989. The normalized spacial score (nSPS) is 18.1. The summed E-state index contributed by atoms with van der Waals surface area (Å²) in [4.78, 5) is 26.1. The number of piperidine rings is 1. The summed E-state index contributed by atoms with van der Waals surface area (Å²) in [6.07, 6.45) is 4.52. The minimum absolute atomic E-state index is 0.0946. The zero-order valence-corrected chi connectivity index (χ0v) is 17.9. The Morgan fingerprint density at radius 1 is 1.22 bits per heavy atom. The van der Waals surface area contributed by atoms with Crippen LogP contribution in [0, 0.1) is 34.0 Å². The van der Waals surface area contributed by atoms with Gasteiger partial charge in [-0.3, -0.25) is 19.9 Å². The molecule has 0 spiro atoms. The molecular formula is C23H27N7O2. The Morgan fingerprint density at radius 2 is 1.88 bits per heavy atom. The van der Waals surface area contributed by atoms with Gasteiger partial charge in [0.15, 0.2) is 0 Å². The molecule has 2 amide bonds. The maximum atomic E-state index is 11.9. The Morgan fingerprint density at radius 3 is 2.41 bits per heavy atom. The SMILES string of the molecule is N#CCC1(N/C=C(\C(=N)NC(=O)C2CC2)C(N)=O)CCN(Cc2ccc(C#N)cc2)CC1. The van der Waals surface area contributed by atoms with Gasteiger partial charge in [-0.1, -0.05) is 12.1 Å². The number of benzene rings is 1. The Labute approximate surface area is 187 Å². The molecule has 9 heteroatoms.